The number of carbonyl (C=O) groups excluding carboxylic acids is 1. The number of hydrogen-bond donors (Lipinski definition) is 0. The molecule has 4 nitrogen and oxygen atoms in total. The molecule has 3 fully saturated rings. The predicted octanol–water partition coefficient (Wildman–Crippen LogP) is 3.71. The van der Waals surface area contributed by atoms with E-state index < -0.39 is 0 Å². The number of hydrogen-bond acceptors (Lipinski definition) is 3. The maximum absolute atomic E-state index is 12.6. The minimum Gasteiger partial charge on any atom is -0.371 e. The molecule has 0 bridgehead atoms. The summed E-state index contributed by atoms with van der Waals surface area (Å²) in [6, 6.07) is 2.07. The number of piperidine rings is 1. The molecule has 1 saturated carbocycles. The molecule has 24 heavy (non-hydrogen) atoms. The highest BCUT2D eigenvalue weighted by molar-refractivity contribution is 9.10. The van der Waals surface area contributed by atoms with E-state index in [0.717, 1.165) is 61.8 Å². The quantitative estimate of drug-likeness (QED) is 0.787. The van der Waals surface area contributed by atoms with Crippen LogP contribution in [0.2, 0.25) is 0 Å². The van der Waals surface area contributed by atoms with Crippen LogP contribution in [0.15, 0.2) is 22.9 Å². The summed E-state index contributed by atoms with van der Waals surface area (Å²) in [4.78, 5) is 21.4. The van der Waals surface area contributed by atoms with Crippen molar-refractivity contribution in [3.8, 4) is 0 Å². The van der Waals surface area contributed by atoms with Crippen molar-refractivity contribution in [1.29, 1.82) is 0 Å². The largest absolute Gasteiger partial charge is 0.371 e. The molecule has 2 atom stereocenters. The first-order valence-electron chi connectivity index (χ1n) is 9.33. The van der Waals surface area contributed by atoms with E-state index in [1.165, 1.54) is 24.9 Å². The fourth-order valence-electron chi connectivity index (χ4n) is 4.82. The second-order valence-corrected chi connectivity index (χ2v) is 8.57. The predicted molar refractivity (Wildman–Crippen MR) is 98.9 cm³/mol. The normalized spacial score (nSPS) is 27.5. The second kappa shape index (κ2) is 7.03. The molecule has 1 aromatic rings. The Hall–Kier alpha value is -1.10. The van der Waals surface area contributed by atoms with Crippen molar-refractivity contribution in [3.63, 3.8) is 0 Å². The van der Waals surface area contributed by atoms with Crippen molar-refractivity contribution in [2.75, 3.05) is 31.1 Å². The first-order chi connectivity index (χ1) is 11.7. The fraction of sp³-hybridized carbons (Fsp3) is 0.684. The van der Waals surface area contributed by atoms with E-state index in [2.05, 4.69) is 36.8 Å². The lowest BCUT2D eigenvalue weighted by atomic mass is 9.92. The van der Waals surface area contributed by atoms with Crippen molar-refractivity contribution in [2.45, 2.75) is 38.5 Å². The van der Waals surface area contributed by atoms with Crippen LogP contribution in [0.25, 0.3) is 0 Å². The number of pyridine rings is 1. The van der Waals surface area contributed by atoms with Crippen molar-refractivity contribution < 1.29 is 4.79 Å². The van der Waals surface area contributed by atoms with E-state index >= 15 is 0 Å². The Morgan fingerprint density at radius 2 is 1.88 bits per heavy atom. The Balaban J connectivity index is 1.27. The Morgan fingerprint density at radius 3 is 2.54 bits per heavy atom. The maximum Gasteiger partial charge on any atom is 0.222 e. The maximum atomic E-state index is 12.6. The molecular weight excluding hydrogens is 366 g/mol. The van der Waals surface area contributed by atoms with E-state index in [9.17, 15) is 4.79 Å². The number of nitrogens with zero attached hydrogens (tertiary/aromatic N) is 3. The Bertz CT molecular complexity index is 588. The highest BCUT2D eigenvalue weighted by atomic mass is 79.9. The standard InChI is InChI=1S/C19H26BrN3O/c20-17-11-21-7-4-18(17)22-8-5-14(6-9-22)10-19(24)23-12-15-2-1-3-16(15)13-23/h4,7,11,14-16H,1-3,5-6,8-10,12-13H2. The topological polar surface area (TPSA) is 36.4 Å². The van der Waals surface area contributed by atoms with Crippen LogP contribution in [0, 0.1) is 17.8 Å². The third kappa shape index (κ3) is 3.32. The fourth-order valence-corrected chi connectivity index (χ4v) is 5.32. The Kier molecular flexibility index (Phi) is 4.79. The third-order valence-corrected chi connectivity index (χ3v) is 6.86. The zero-order chi connectivity index (χ0) is 16.5. The van der Waals surface area contributed by atoms with Crippen molar-refractivity contribution in [3.05, 3.63) is 22.9 Å². The summed E-state index contributed by atoms with van der Waals surface area (Å²) in [5.41, 5.74) is 1.22. The molecule has 0 radical (unpaired) electrons. The number of aromatic nitrogens is 1. The van der Waals surface area contributed by atoms with Gasteiger partial charge in [0, 0.05) is 45.0 Å². The van der Waals surface area contributed by atoms with Gasteiger partial charge in [-0.1, -0.05) is 6.42 Å². The number of carbonyl (C=O) groups is 1. The molecule has 1 aromatic heterocycles. The molecule has 3 heterocycles. The molecule has 2 saturated heterocycles. The van der Waals surface area contributed by atoms with Gasteiger partial charge >= 0.3 is 0 Å². The van der Waals surface area contributed by atoms with Gasteiger partial charge in [-0.05, 0) is 65.4 Å². The Morgan fingerprint density at radius 1 is 1.17 bits per heavy atom. The average molecular weight is 392 g/mol. The van der Waals surface area contributed by atoms with Gasteiger partial charge in [0.05, 0.1) is 10.2 Å². The van der Waals surface area contributed by atoms with Crippen LogP contribution in [0.4, 0.5) is 5.69 Å². The van der Waals surface area contributed by atoms with Crippen molar-refractivity contribution in [1.82, 2.24) is 9.88 Å². The molecule has 1 aliphatic carbocycles. The third-order valence-electron chi connectivity index (χ3n) is 6.25. The lowest BCUT2D eigenvalue weighted by Gasteiger charge is -2.34. The van der Waals surface area contributed by atoms with Crippen LogP contribution in [0.1, 0.15) is 38.5 Å². The van der Waals surface area contributed by atoms with Crippen LogP contribution in [0.3, 0.4) is 0 Å². The van der Waals surface area contributed by atoms with Gasteiger partial charge in [-0.15, -0.1) is 0 Å². The van der Waals surface area contributed by atoms with Gasteiger partial charge in [-0.3, -0.25) is 9.78 Å². The number of halogens is 1. The number of fused-ring (bicyclic) bond motifs is 1. The summed E-state index contributed by atoms with van der Waals surface area (Å²) in [6.07, 6.45) is 10.7. The number of likely N-dealkylation sites (tertiary alicyclic amines) is 1. The van der Waals surface area contributed by atoms with E-state index in [-0.39, 0.29) is 0 Å². The van der Waals surface area contributed by atoms with Crippen molar-refractivity contribution >= 4 is 27.5 Å². The van der Waals surface area contributed by atoms with Crippen LogP contribution in [-0.4, -0.2) is 42.0 Å². The van der Waals surface area contributed by atoms with Gasteiger partial charge in [0.1, 0.15) is 0 Å². The first-order valence-corrected chi connectivity index (χ1v) is 10.1. The summed E-state index contributed by atoms with van der Waals surface area (Å²) < 4.78 is 1.06. The minimum atomic E-state index is 0.410. The van der Waals surface area contributed by atoms with Gasteiger partial charge in [0.15, 0.2) is 0 Å². The molecule has 4 rings (SSSR count). The Labute approximate surface area is 152 Å². The lowest BCUT2D eigenvalue weighted by molar-refractivity contribution is -0.131. The van der Waals surface area contributed by atoms with Crippen LogP contribution in [0.5, 0.6) is 0 Å². The summed E-state index contributed by atoms with van der Waals surface area (Å²) in [6.45, 7) is 4.14. The monoisotopic (exact) mass is 391 g/mol. The molecule has 3 aliphatic rings. The molecule has 0 N–H and O–H groups in total. The van der Waals surface area contributed by atoms with E-state index in [1.54, 1.807) is 0 Å². The smallest absolute Gasteiger partial charge is 0.222 e. The molecule has 2 unspecified atom stereocenters. The molecule has 0 aromatic carbocycles. The van der Waals surface area contributed by atoms with Gasteiger partial charge in [-0.2, -0.15) is 0 Å². The molecule has 1 amide bonds. The average Bonchev–Trinajstić information content (AvgIpc) is 3.18. The second-order valence-electron chi connectivity index (χ2n) is 7.71. The van der Waals surface area contributed by atoms with Gasteiger partial charge in [-0.25, -0.2) is 0 Å². The number of amides is 1. The molecule has 130 valence electrons. The van der Waals surface area contributed by atoms with E-state index in [1.807, 2.05) is 12.4 Å². The molecule has 5 heteroatoms. The van der Waals surface area contributed by atoms with Gasteiger partial charge in [0.2, 0.25) is 5.91 Å². The van der Waals surface area contributed by atoms with Gasteiger partial charge in [0.25, 0.3) is 0 Å². The first kappa shape index (κ1) is 16.4. The summed E-state index contributed by atoms with van der Waals surface area (Å²) in [7, 11) is 0. The van der Waals surface area contributed by atoms with Crippen LogP contribution in [-0.2, 0) is 4.79 Å². The molecule has 2 aliphatic heterocycles. The van der Waals surface area contributed by atoms with Crippen molar-refractivity contribution in [2.24, 2.45) is 17.8 Å². The summed E-state index contributed by atoms with van der Waals surface area (Å²) >= 11 is 3.59. The lowest BCUT2D eigenvalue weighted by Crippen LogP contribution is -2.37. The van der Waals surface area contributed by atoms with Gasteiger partial charge < -0.3 is 9.80 Å². The van der Waals surface area contributed by atoms with E-state index in [0.29, 0.717) is 11.8 Å². The van der Waals surface area contributed by atoms with E-state index in [4.69, 9.17) is 0 Å². The highest BCUT2D eigenvalue weighted by Crippen LogP contribution is 2.38. The molecular formula is C19H26BrN3O. The SMILES string of the molecule is O=C(CC1CCN(c2ccncc2Br)CC1)N1CC2CCCC2C1. The summed E-state index contributed by atoms with van der Waals surface area (Å²) in [5.74, 6) is 2.57. The summed E-state index contributed by atoms with van der Waals surface area (Å²) in [5, 5.41) is 0. The van der Waals surface area contributed by atoms with Crippen LogP contribution >= 0.6 is 15.9 Å². The zero-order valence-electron chi connectivity index (χ0n) is 14.2. The number of rotatable bonds is 3. The zero-order valence-corrected chi connectivity index (χ0v) is 15.7. The highest BCUT2D eigenvalue weighted by Gasteiger charge is 2.38. The number of anilines is 1. The van der Waals surface area contributed by atoms with Crippen LogP contribution < -0.4 is 4.90 Å². The minimum absolute atomic E-state index is 0.410. The molecule has 0 spiro atoms.